The van der Waals surface area contributed by atoms with Gasteiger partial charge in [0.25, 0.3) is 5.69 Å². The van der Waals surface area contributed by atoms with Crippen LogP contribution in [-0.2, 0) is 6.18 Å². The number of nitrogens with two attached hydrogens (primary N) is 2. The van der Waals surface area contributed by atoms with Crippen LogP contribution in [0.15, 0.2) is 22.1 Å². The van der Waals surface area contributed by atoms with E-state index < -0.39 is 33.0 Å². The van der Waals surface area contributed by atoms with Crippen LogP contribution < -0.4 is 16.4 Å². The van der Waals surface area contributed by atoms with E-state index in [1.807, 2.05) is 0 Å². The Bertz CT molecular complexity index is 849. The lowest BCUT2D eigenvalue weighted by Crippen LogP contribution is -2.58. The standard InChI is InChI=1S/C15H16ClF3N6O2/c16-9-6-8(15(17,18)19)7-10(25(26)27)11(9)24-13(21)22-12(20)23-14(24)4-2-1-3-5-14/h6-7H,1-5H2,(H4,20,21,22,23). The highest BCUT2D eigenvalue weighted by Gasteiger charge is 2.46. The fourth-order valence-corrected chi connectivity index (χ4v) is 3.85. The van der Waals surface area contributed by atoms with Crippen molar-refractivity contribution in [2.24, 2.45) is 21.5 Å². The van der Waals surface area contributed by atoms with Crippen LogP contribution in [0.3, 0.4) is 0 Å². The van der Waals surface area contributed by atoms with Crippen LogP contribution in [0.1, 0.15) is 37.7 Å². The molecule has 27 heavy (non-hydrogen) atoms. The molecular weight excluding hydrogens is 389 g/mol. The van der Waals surface area contributed by atoms with E-state index >= 15 is 0 Å². The van der Waals surface area contributed by atoms with E-state index in [2.05, 4.69) is 9.98 Å². The first kappa shape index (κ1) is 19.2. The maximum absolute atomic E-state index is 13.1. The van der Waals surface area contributed by atoms with E-state index in [1.54, 1.807) is 0 Å². The van der Waals surface area contributed by atoms with Crippen molar-refractivity contribution < 1.29 is 18.1 Å². The predicted octanol–water partition coefficient (Wildman–Crippen LogP) is 3.38. The molecule has 1 spiro atoms. The summed E-state index contributed by atoms with van der Waals surface area (Å²) < 4.78 is 39.2. The summed E-state index contributed by atoms with van der Waals surface area (Å²) >= 11 is 6.09. The van der Waals surface area contributed by atoms with Gasteiger partial charge in [0.15, 0.2) is 0 Å². The van der Waals surface area contributed by atoms with E-state index in [-0.39, 0.29) is 17.6 Å². The summed E-state index contributed by atoms with van der Waals surface area (Å²) in [5.41, 5.74) is 8.32. The highest BCUT2D eigenvalue weighted by atomic mass is 35.5. The molecule has 2 aliphatic rings. The summed E-state index contributed by atoms with van der Waals surface area (Å²) in [6, 6.07) is 1.07. The van der Waals surface area contributed by atoms with Crippen LogP contribution >= 0.6 is 11.6 Å². The number of nitro groups is 1. The number of aliphatic imine (C=N–C) groups is 2. The molecule has 1 heterocycles. The number of guanidine groups is 2. The van der Waals surface area contributed by atoms with Crippen molar-refractivity contribution >= 4 is 34.9 Å². The number of nitro benzene ring substituents is 1. The Morgan fingerprint density at radius 2 is 1.85 bits per heavy atom. The van der Waals surface area contributed by atoms with Crippen LogP contribution in [-0.4, -0.2) is 22.5 Å². The number of alkyl halides is 3. The molecule has 1 aliphatic heterocycles. The van der Waals surface area contributed by atoms with Gasteiger partial charge in [-0.25, -0.2) is 4.99 Å². The molecule has 1 fully saturated rings. The van der Waals surface area contributed by atoms with Gasteiger partial charge in [0.2, 0.25) is 11.9 Å². The van der Waals surface area contributed by atoms with Crippen LogP contribution in [0.2, 0.25) is 5.02 Å². The molecular formula is C15H16ClF3N6O2. The minimum atomic E-state index is -4.79. The fraction of sp³-hybridized carbons (Fsp3) is 0.467. The highest BCUT2D eigenvalue weighted by molar-refractivity contribution is 6.34. The number of halogens is 4. The Morgan fingerprint density at radius 1 is 1.22 bits per heavy atom. The average Bonchev–Trinajstić information content (AvgIpc) is 2.54. The molecule has 8 nitrogen and oxygen atoms in total. The molecule has 0 unspecified atom stereocenters. The van der Waals surface area contributed by atoms with E-state index in [0.29, 0.717) is 25.0 Å². The summed E-state index contributed by atoms with van der Waals surface area (Å²) in [7, 11) is 0. The lowest BCUT2D eigenvalue weighted by molar-refractivity contribution is -0.384. The molecule has 0 bridgehead atoms. The smallest absolute Gasteiger partial charge is 0.369 e. The molecule has 0 radical (unpaired) electrons. The van der Waals surface area contributed by atoms with Gasteiger partial charge in [-0.2, -0.15) is 18.2 Å². The van der Waals surface area contributed by atoms with E-state index in [1.165, 1.54) is 4.90 Å². The molecule has 4 N–H and O–H groups in total. The number of hydrogen-bond acceptors (Lipinski definition) is 7. The van der Waals surface area contributed by atoms with Gasteiger partial charge >= 0.3 is 6.18 Å². The molecule has 12 heteroatoms. The van der Waals surface area contributed by atoms with E-state index in [9.17, 15) is 23.3 Å². The largest absolute Gasteiger partial charge is 0.416 e. The third-order valence-corrected chi connectivity index (χ3v) is 4.93. The minimum Gasteiger partial charge on any atom is -0.369 e. The van der Waals surface area contributed by atoms with Gasteiger partial charge in [-0.05, 0) is 31.7 Å². The summed E-state index contributed by atoms with van der Waals surface area (Å²) in [6.07, 6.45) is -1.47. The van der Waals surface area contributed by atoms with Crippen LogP contribution in [0.4, 0.5) is 24.5 Å². The number of benzene rings is 1. The van der Waals surface area contributed by atoms with Gasteiger partial charge in [-0.1, -0.05) is 18.0 Å². The fourth-order valence-electron chi connectivity index (χ4n) is 3.55. The van der Waals surface area contributed by atoms with E-state index in [0.717, 1.165) is 19.3 Å². The zero-order valence-electron chi connectivity index (χ0n) is 14.0. The summed E-state index contributed by atoms with van der Waals surface area (Å²) in [4.78, 5) is 20.1. The monoisotopic (exact) mass is 404 g/mol. The third kappa shape index (κ3) is 3.38. The van der Waals surface area contributed by atoms with Crippen molar-refractivity contribution in [1.29, 1.82) is 0 Å². The Morgan fingerprint density at radius 3 is 2.41 bits per heavy atom. The SMILES string of the molecule is NC1=NC2(CCCCC2)N(c2c(Cl)cc(C(F)(F)F)cc2[N+](=O)[O-])C(N)=N1. The quantitative estimate of drug-likeness (QED) is 0.577. The number of rotatable bonds is 2. The van der Waals surface area contributed by atoms with Gasteiger partial charge in [0, 0.05) is 6.07 Å². The molecule has 0 atom stereocenters. The zero-order valence-corrected chi connectivity index (χ0v) is 14.7. The van der Waals surface area contributed by atoms with Crippen LogP contribution in [0.5, 0.6) is 0 Å². The topological polar surface area (TPSA) is 123 Å². The molecule has 1 aromatic carbocycles. The van der Waals surface area contributed by atoms with E-state index in [4.69, 9.17) is 23.1 Å². The zero-order chi connectivity index (χ0) is 20.0. The molecule has 146 valence electrons. The number of nitrogens with zero attached hydrogens (tertiary/aromatic N) is 4. The van der Waals surface area contributed by atoms with Gasteiger partial charge in [0.1, 0.15) is 11.4 Å². The first-order valence-corrected chi connectivity index (χ1v) is 8.48. The molecule has 1 aliphatic carbocycles. The Hall–Kier alpha value is -2.56. The van der Waals surface area contributed by atoms with Crippen molar-refractivity contribution in [3.05, 3.63) is 32.8 Å². The molecule has 0 aromatic heterocycles. The molecule has 1 aromatic rings. The lowest BCUT2D eigenvalue weighted by atomic mass is 9.87. The summed E-state index contributed by atoms with van der Waals surface area (Å²) in [5.74, 6) is -0.287. The number of anilines is 1. The minimum absolute atomic E-state index is 0.0867. The first-order valence-electron chi connectivity index (χ1n) is 8.10. The maximum Gasteiger partial charge on any atom is 0.416 e. The van der Waals surface area contributed by atoms with Gasteiger partial charge in [-0.15, -0.1) is 0 Å². The van der Waals surface area contributed by atoms with Crippen molar-refractivity contribution in [2.45, 2.75) is 43.9 Å². The van der Waals surface area contributed by atoms with Crippen molar-refractivity contribution in [2.75, 3.05) is 4.90 Å². The second-order valence-electron chi connectivity index (χ2n) is 6.40. The van der Waals surface area contributed by atoms with Crippen molar-refractivity contribution in [1.82, 2.24) is 0 Å². The Kier molecular flexibility index (Phi) is 4.66. The van der Waals surface area contributed by atoms with Crippen LogP contribution in [0, 0.1) is 10.1 Å². The Balaban J connectivity index is 2.24. The highest BCUT2D eigenvalue weighted by Crippen LogP contribution is 2.47. The summed E-state index contributed by atoms with van der Waals surface area (Å²) in [5, 5.41) is 11.1. The molecule has 0 amide bonds. The van der Waals surface area contributed by atoms with Gasteiger partial charge in [-0.3, -0.25) is 15.0 Å². The van der Waals surface area contributed by atoms with Crippen LogP contribution in [0.25, 0.3) is 0 Å². The lowest BCUT2D eigenvalue weighted by Gasteiger charge is -2.45. The summed E-state index contributed by atoms with van der Waals surface area (Å²) in [6.45, 7) is 0. The normalized spacial score (nSPS) is 19.6. The average molecular weight is 405 g/mol. The van der Waals surface area contributed by atoms with Crippen molar-refractivity contribution in [3.63, 3.8) is 0 Å². The molecule has 3 rings (SSSR count). The van der Waals surface area contributed by atoms with Gasteiger partial charge in [0.05, 0.1) is 15.5 Å². The third-order valence-electron chi connectivity index (χ3n) is 4.64. The Labute approximate surface area is 156 Å². The number of hydrogen-bond donors (Lipinski definition) is 2. The maximum atomic E-state index is 13.1. The van der Waals surface area contributed by atoms with Gasteiger partial charge < -0.3 is 11.5 Å². The first-order chi connectivity index (χ1) is 12.5. The second-order valence-corrected chi connectivity index (χ2v) is 6.81. The second kappa shape index (κ2) is 6.55. The molecule has 0 saturated heterocycles. The van der Waals surface area contributed by atoms with Crippen molar-refractivity contribution in [3.8, 4) is 0 Å². The predicted molar refractivity (Wildman–Crippen MR) is 94.6 cm³/mol. The molecule has 1 saturated carbocycles.